The van der Waals surface area contributed by atoms with Crippen LogP contribution >= 0.6 is 0 Å². The molecule has 5 N–H and O–H groups in total. The molecule has 2 fully saturated rings. The Morgan fingerprint density at radius 2 is 1.61 bits per heavy atom. The summed E-state index contributed by atoms with van der Waals surface area (Å²) in [7, 11) is 5.50. The van der Waals surface area contributed by atoms with Crippen LogP contribution in [0.25, 0.3) is 0 Å². The van der Waals surface area contributed by atoms with E-state index >= 15 is 0 Å². The minimum absolute atomic E-state index is 0.00413. The zero-order valence-electron chi connectivity index (χ0n) is 22.2. The average Bonchev–Trinajstić information content (AvgIpc) is 2.90. The van der Waals surface area contributed by atoms with Crippen molar-refractivity contribution in [3.05, 3.63) is 41.7 Å². The van der Waals surface area contributed by atoms with Gasteiger partial charge in [0, 0.05) is 63.6 Å². The smallest absolute Gasteiger partial charge is 0.317 e. The highest BCUT2D eigenvalue weighted by atomic mass is 16.2. The highest BCUT2D eigenvalue weighted by Crippen LogP contribution is 2.24. The number of piperazine rings is 1. The van der Waals surface area contributed by atoms with Crippen molar-refractivity contribution in [1.82, 2.24) is 30.0 Å². The van der Waals surface area contributed by atoms with Gasteiger partial charge in [-0.25, -0.2) is 14.8 Å². The molecule has 1 saturated carbocycles. The van der Waals surface area contributed by atoms with E-state index in [2.05, 4.69) is 37.9 Å². The summed E-state index contributed by atoms with van der Waals surface area (Å²) < 4.78 is 0. The molecule has 0 radical (unpaired) electrons. The highest BCUT2D eigenvalue weighted by molar-refractivity contribution is 5.97. The number of nitrogens with one attached hydrogen (secondary N) is 3. The molecule has 2 aliphatic rings. The van der Waals surface area contributed by atoms with Gasteiger partial charge in [0.2, 0.25) is 0 Å². The van der Waals surface area contributed by atoms with Gasteiger partial charge in [0.1, 0.15) is 5.82 Å². The highest BCUT2D eigenvalue weighted by Gasteiger charge is 2.24. The zero-order chi connectivity index (χ0) is 27.2. The number of amides is 4. The predicted molar refractivity (Wildman–Crippen MR) is 146 cm³/mol. The second-order valence-corrected chi connectivity index (χ2v) is 10.2. The summed E-state index contributed by atoms with van der Waals surface area (Å²) in [5.74, 6) is 0.0859. The summed E-state index contributed by atoms with van der Waals surface area (Å²) in [5.41, 5.74) is 6.84. The lowest BCUT2D eigenvalue weighted by atomic mass is 9.91. The molecule has 1 aliphatic heterocycles. The van der Waals surface area contributed by atoms with Crippen LogP contribution in [0.5, 0.6) is 0 Å². The SMILES string of the molecule is CN1CCN(C(=O)c2ccc(Nc3nc(N[C@H]4CC[C@@H](NC(=O)N(C)C)CC4)cnc3C(N)=O)cc2)CC1. The molecule has 38 heavy (non-hydrogen) atoms. The third-order valence-electron chi connectivity index (χ3n) is 7.00. The van der Waals surface area contributed by atoms with Crippen LogP contribution < -0.4 is 21.7 Å². The lowest BCUT2D eigenvalue weighted by Crippen LogP contribution is -2.47. The van der Waals surface area contributed by atoms with Crippen LogP contribution in [0, 0.1) is 0 Å². The molecule has 0 spiro atoms. The van der Waals surface area contributed by atoms with Crippen molar-refractivity contribution in [2.75, 3.05) is 58.0 Å². The van der Waals surface area contributed by atoms with Crippen LogP contribution in [-0.2, 0) is 0 Å². The van der Waals surface area contributed by atoms with Crippen LogP contribution in [0.4, 0.5) is 22.1 Å². The Hall–Kier alpha value is -3.93. The van der Waals surface area contributed by atoms with Gasteiger partial charge >= 0.3 is 6.03 Å². The third-order valence-corrected chi connectivity index (χ3v) is 7.00. The number of nitrogens with two attached hydrogens (primary N) is 1. The maximum absolute atomic E-state index is 12.8. The summed E-state index contributed by atoms with van der Waals surface area (Å²) in [6, 6.07) is 7.31. The normalized spacial score (nSPS) is 19.9. The second kappa shape index (κ2) is 12.1. The molecule has 2 heterocycles. The summed E-state index contributed by atoms with van der Waals surface area (Å²) in [6.45, 7) is 3.13. The Morgan fingerprint density at radius 1 is 0.974 bits per heavy atom. The lowest BCUT2D eigenvalue weighted by molar-refractivity contribution is 0.0664. The van der Waals surface area contributed by atoms with E-state index in [4.69, 9.17) is 5.73 Å². The third kappa shape index (κ3) is 6.88. The molecule has 4 rings (SSSR count). The number of rotatable bonds is 7. The zero-order valence-corrected chi connectivity index (χ0v) is 22.2. The van der Waals surface area contributed by atoms with Crippen molar-refractivity contribution in [3.8, 4) is 0 Å². The summed E-state index contributed by atoms with van der Waals surface area (Å²) in [5, 5.41) is 9.55. The molecule has 0 unspecified atom stereocenters. The van der Waals surface area contributed by atoms with Crippen molar-refractivity contribution in [3.63, 3.8) is 0 Å². The number of carbonyl (C=O) groups excluding carboxylic acids is 3. The minimum atomic E-state index is -0.689. The molecule has 12 nitrogen and oxygen atoms in total. The first-order valence-electron chi connectivity index (χ1n) is 13.0. The van der Waals surface area contributed by atoms with E-state index in [0.29, 0.717) is 30.2 Å². The van der Waals surface area contributed by atoms with Gasteiger partial charge in [-0.05, 0) is 57.0 Å². The maximum Gasteiger partial charge on any atom is 0.317 e. The van der Waals surface area contributed by atoms with E-state index in [1.165, 1.54) is 11.1 Å². The first-order chi connectivity index (χ1) is 18.2. The van der Waals surface area contributed by atoms with Crippen molar-refractivity contribution in [2.45, 2.75) is 37.8 Å². The number of hydrogen-bond donors (Lipinski definition) is 4. The van der Waals surface area contributed by atoms with Crippen LogP contribution in [-0.4, -0.2) is 102 Å². The number of primary amides is 1. The standard InChI is InChI=1S/C26H37N9O3/c1-33(2)26(38)31-20-10-8-18(9-11-20)29-21-16-28-22(23(27)36)24(32-21)30-19-6-4-17(5-7-19)25(37)35-14-12-34(3)13-15-35/h4-7,16,18,20H,8-15H2,1-3H3,(H2,27,36)(H,31,38)(H2,29,30,32)/t18-,20+. The Labute approximate surface area is 223 Å². The Bertz CT molecular complexity index is 1140. The number of benzene rings is 1. The van der Waals surface area contributed by atoms with Crippen LogP contribution in [0.1, 0.15) is 46.5 Å². The lowest BCUT2D eigenvalue weighted by Gasteiger charge is -2.32. The van der Waals surface area contributed by atoms with Crippen molar-refractivity contribution < 1.29 is 14.4 Å². The summed E-state index contributed by atoms with van der Waals surface area (Å²) in [6.07, 6.45) is 4.94. The minimum Gasteiger partial charge on any atom is -0.366 e. The maximum atomic E-state index is 12.8. The number of anilines is 3. The number of carbonyl (C=O) groups is 3. The fourth-order valence-electron chi connectivity index (χ4n) is 4.65. The molecule has 1 aromatic heterocycles. The fraction of sp³-hybridized carbons (Fsp3) is 0.500. The average molecular weight is 524 g/mol. The molecule has 1 saturated heterocycles. The second-order valence-electron chi connectivity index (χ2n) is 10.2. The first-order valence-corrected chi connectivity index (χ1v) is 13.0. The molecule has 204 valence electrons. The molecule has 4 amide bonds. The molecule has 2 aromatic rings. The van der Waals surface area contributed by atoms with E-state index in [-0.39, 0.29) is 35.5 Å². The number of likely N-dealkylation sites (N-methyl/N-ethyl adjacent to an activating group) is 1. The number of urea groups is 1. The van der Waals surface area contributed by atoms with Gasteiger partial charge in [-0.1, -0.05) is 0 Å². The van der Waals surface area contributed by atoms with Gasteiger partial charge in [-0.2, -0.15) is 0 Å². The van der Waals surface area contributed by atoms with Gasteiger partial charge < -0.3 is 36.4 Å². The molecule has 1 aromatic carbocycles. The van der Waals surface area contributed by atoms with E-state index in [9.17, 15) is 14.4 Å². The Kier molecular flexibility index (Phi) is 8.62. The van der Waals surface area contributed by atoms with E-state index in [1.54, 1.807) is 38.4 Å². The quantitative estimate of drug-likeness (QED) is 0.429. The van der Waals surface area contributed by atoms with Crippen molar-refractivity contribution in [1.29, 1.82) is 0 Å². The number of nitrogens with zero attached hydrogens (tertiary/aromatic N) is 5. The summed E-state index contributed by atoms with van der Waals surface area (Å²) >= 11 is 0. The molecule has 0 bridgehead atoms. The molecular weight excluding hydrogens is 486 g/mol. The Morgan fingerprint density at radius 3 is 2.21 bits per heavy atom. The fourth-order valence-corrected chi connectivity index (χ4v) is 4.65. The molecule has 1 aliphatic carbocycles. The van der Waals surface area contributed by atoms with E-state index in [1.807, 2.05) is 4.90 Å². The number of aromatic nitrogens is 2. The van der Waals surface area contributed by atoms with E-state index < -0.39 is 5.91 Å². The summed E-state index contributed by atoms with van der Waals surface area (Å²) in [4.78, 5) is 51.1. The van der Waals surface area contributed by atoms with Crippen LogP contribution in [0.2, 0.25) is 0 Å². The van der Waals surface area contributed by atoms with Gasteiger partial charge in [-0.3, -0.25) is 9.59 Å². The van der Waals surface area contributed by atoms with Gasteiger partial charge in [0.15, 0.2) is 11.5 Å². The Balaban J connectivity index is 1.38. The molecule has 0 atom stereocenters. The first kappa shape index (κ1) is 27.1. The molecule has 12 heteroatoms. The number of hydrogen-bond acceptors (Lipinski definition) is 8. The largest absolute Gasteiger partial charge is 0.366 e. The van der Waals surface area contributed by atoms with Crippen molar-refractivity contribution in [2.24, 2.45) is 5.73 Å². The van der Waals surface area contributed by atoms with Gasteiger partial charge in [-0.15, -0.1) is 0 Å². The monoisotopic (exact) mass is 523 g/mol. The predicted octanol–water partition coefficient (Wildman–Crippen LogP) is 1.70. The molecular formula is C26H37N9O3. The topological polar surface area (TPSA) is 149 Å². The van der Waals surface area contributed by atoms with Crippen LogP contribution in [0.3, 0.4) is 0 Å². The van der Waals surface area contributed by atoms with Gasteiger partial charge in [0.05, 0.1) is 6.20 Å². The van der Waals surface area contributed by atoms with E-state index in [0.717, 1.165) is 38.8 Å². The van der Waals surface area contributed by atoms with Crippen LogP contribution in [0.15, 0.2) is 30.5 Å². The van der Waals surface area contributed by atoms with Gasteiger partial charge in [0.25, 0.3) is 11.8 Å². The van der Waals surface area contributed by atoms with Crippen molar-refractivity contribution >= 4 is 35.2 Å².